The molecular weight excluding hydrogens is 276 g/mol. The van der Waals surface area contributed by atoms with Gasteiger partial charge in [0, 0.05) is 0 Å². The molecule has 4 nitrogen and oxygen atoms in total. The first-order valence-corrected chi connectivity index (χ1v) is 7.03. The third kappa shape index (κ3) is 2.06. The van der Waals surface area contributed by atoms with Crippen molar-refractivity contribution < 1.29 is 0 Å². The van der Waals surface area contributed by atoms with Crippen LogP contribution in [0.4, 0.5) is 0 Å². The van der Waals surface area contributed by atoms with Crippen LogP contribution in [0.2, 0.25) is 0 Å². The summed E-state index contributed by atoms with van der Waals surface area (Å²) in [6, 6.07) is 9.70. The SMILES string of the molecule is Cc1ccc2nc3c(nc2c1)SC(=C(C#N)C#N)S3. The van der Waals surface area contributed by atoms with Crippen LogP contribution in [0.25, 0.3) is 11.0 Å². The molecule has 1 aromatic heterocycles. The lowest BCUT2D eigenvalue weighted by atomic mass is 10.2. The molecule has 0 saturated heterocycles. The van der Waals surface area contributed by atoms with Crippen molar-refractivity contribution in [1.29, 1.82) is 10.5 Å². The number of benzene rings is 1. The topological polar surface area (TPSA) is 73.4 Å². The van der Waals surface area contributed by atoms with E-state index in [0.717, 1.165) is 26.6 Å². The normalized spacial score (nSPS) is 12.9. The Hall–Kier alpha value is -2.02. The summed E-state index contributed by atoms with van der Waals surface area (Å²) in [6.07, 6.45) is 0. The number of aromatic nitrogens is 2. The molecule has 0 unspecified atom stereocenters. The van der Waals surface area contributed by atoms with Gasteiger partial charge in [0.25, 0.3) is 0 Å². The molecule has 0 radical (unpaired) electrons. The van der Waals surface area contributed by atoms with Gasteiger partial charge in [0.1, 0.15) is 27.8 Å². The number of fused-ring (bicyclic) bond motifs is 2. The molecule has 0 N–H and O–H groups in total. The van der Waals surface area contributed by atoms with Crippen LogP contribution < -0.4 is 0 Å². The second-order valence-corrected chi connectivity index (χ2v) is 6.17. The van der Waals surface area contributed by atoms with Gasteiger partial charge in [-0.25, -0.2) is 9.97 Å². The van der Waals surface area contributed by atoms with Crippen LogP contribution in [0.1, 0.15) is 5.56 Å². The lowest BCUT2D eigenvalue weighted by molar-refractivity contribution is 0.980. The first-order valence-electron chi connectivity index (χ1n) is 5.40. The van der Waals surface area contributed by atoms with Gasteiger partial charge in [0.05, 0.1) is 15.3 Å². The van der Waals surface area contributed by atoms with Gasteiger partial charge in [-0.3, -0.25) is 0 Å². The van der Waals surface area contributed by atoms with Gasteiger partial charge in [-0.2, -0.15) is 10.5 Å². The van der Waals surface area contributed by atoms with Gasteiger partial charge in [0.2, 0.25) is 0 Å². The van der Waals surface area contributed by atoms with Crippen molar-refractivity contribution in [3.05, 3.63) is 33.6 Å². The molecule has 1 aliphatic heterocycles. The quantitative estimate of drug-likeness (QED) is 0.689. The predicted molar refractivity (Wildman–Crippen MR) is 74.2 cm³/mol. The molecular formula is C13H6N4S2. The van der Waals surface area contributed by atoms with Gasteiger partial charge in [-0.05, 0) is 24.6 Å². The van der Waals surface area contributed by atoms with Crippen molar-refractivity contribution in [2.75, 3.05) is 0 Å². The van der Waals surface area contributed by atoms with Crippen molar-refractivity contribution in [2.45, 2.75) is 17.0 Å². The van der Waals surface area contributed by atoms with Crippen molar-refractivity contribution >= 4 is 34.6 Å². The van der Waals surface area contributed by atoms with Crippen LogP contribution >= 0.6 is 23.5 Å². The average Bonchev–Trinajstić information content (AvgIpc) is 2.80. The van der Waals surface area contributed by atoms with E-state index in [1.54, 1.807) is 0 Å². The van der Waals surface area contributed by atoms with Crippen molar-refractivity contribution in [2.24, 2.45) is 0 Å². The number of nitrogens with zero attached hydrogens (tertiary/aromatic N) is 4. The Labute approximate surface area is 118 Å². The molecule has 0 fully saturated rings. The summed E-state index contributed by atoms with van der Waals surface area (Å²) in [7, 11) is 0. The fourth-order valence-electron chi connectivity index (χ4n) is 1.68. The molecule has 6 heteroatoms. The summed E-state index contributed by atoms with van der Waals surface area (Å²) in [4.78, 5) is 9.07. The maximum atomic E-state index is 8.89. The molecule has 0 aliphatic carbocycles. The number of nitriles is 2. The van der Waals surface area contributed by atoms with E-state index < -0.39 is 0 Å². The van der Waals surface area contributed by atoms with Gasteiger partial charge in [-0.1, -0.05) is 29.6 Å². The summed E-state index contributed by atoms with van der Waals surface area (Å²) in [5, 5.41) is 19.3. The third-order valence-electron chi connectivity index (χ3n) is 2.56. The van der Waals surface area contributed by atoms with Gasteiger partial charge in [0.15, 0.2) is 0 Å². The third-order valence-corrected chi connectivity index (χ3v) is 4.93. The Balaban J connectivity index is 2.15. The Morgan fingerprint density at radius 3 is 2.32 bits per heavy atom. The van der Waals surface area contributed by atoms with Gasteiger partial charge >= 0.3 is 0 Å². The Kier molecular flexibility index (Phi) is 2.90. The van der Waals surface area contributed by atoms with Crippen LogP contribution in [0.3, 0.4) is 0 Å². The largest absolute Gasteiger partial charge is 0.237 e. The zero-order valence-electron chi connectivity index (χ0n) is 9.84. The first kappa shape index (κ1) is 12.0. The molecule has 0 amide bonds. The Morgan fingerprint density at radius 1 is 1.05 bits per heavy atom. The fraction of sp³-hybridized carbons (Fsp3) is 0.0769. The lowest BCUT2D eigenvalue weighted by Gasteiger charge is -2.00. The zero-order chi connectivity index (χ0) is 13.4. The van der Waals surface area contributed by atoms with Crippen molar-refractivity contribution in [3.8, 4) is 12.1 Å². The fourth-order valence-corrected chi connectivity index (χ4v) is 3.86. The van der Waals surface area contributed by atoms with E-state index in [9.17, 15) is 0 Å². The highest BCUT2D eigenvalue weighted by atomic mass is 32.2. The molecule has 19 heavy (non-hydrogen) atoms. The molecule has 0 spiro atoms. The molecule has 0 atom stereocenters. The number of hydrogen-bond acceptors (Lipinski definition) is 6. The summed E-state index contributed by atoms with van der Waals surface area (Å²) in [6.45, 7) is 2.00. The van der Waals surface area contributed by atoms with Crippen LogP contribution in [0.5, 0.6) is 0 Å². The lowest BCUT2D eigenvalue weighted by Crippen LogP contribution is -1.88. The van der Waals surface area contributed by atoms with E-state index in [1.165, 1.54) is 23.5 Å². The molecule has 0 bridgehead atoms. The minimum Gasteiger partial charge on any atom is -0.237 e. The minimum absolute atomic E-state index is 0.120. The van der Waals surface area contributed by atoms with Gasteiger partial charge in [-0.15, -0.1) is 0 Å². The van der Waals surface area contributed by atoms with E-state index in [1.807, 2.05) is 37.3 Å². The van der Waals surface area contributed by atoms with Crippen molar-refractivity contribution in [3.63, 3.8) is 0 Å². The highest BCUT2D eigenvalue weighted by Crippen LogP contribution is 2.50. The number of rotatable bonds is 0. The Morgan fingerprint density at radius 2 is 1.68 bits per heavy atom. The summed E-state index contributed by atoms with van der Waals surface area (Å²) < 4.78 is 0.659. The van der Waals surface area contributed by atoms with E-state index in [4.69, 9.17) is 10.5 Å². The highest BCUT2D eigenvalue weighted by Gasteiger charge is 2.24. The van der Waals surface area contributed by atoms with Crippen LogP contribution in [0.15, 0.2) is 38.1 Å². The summed E-state index contributed by atoms with van der Waals surface area (Å²) in [5.41, 5.74) is 2.91. The number of aryl methyl sites for hydroxylation is 1. The van der Waals surface area contributed by atoms with E-state index in [-0.39, 0.29) is 5.57 Å². The minimum atomic E-state index is 0.120. The smallest absolute Gasteiger partial charge is 0.150 e. The maximum Gasteiger partial charge on any atom is 0.150 e. The standard InChI is InChI=1S/C13H6N4S2/c1-7-2-3-9-10(4-7)17-12-11(16-9)18-13(19-12)8(5-14)6-15/h2-4H,1H3. The van der Waals surface area contributed by atoms with Crippen LogP contribution in [-0.2, 0) is 0 Å². The molecule has 2 aromatic rings. The van der Waals surface area contributed by atoms with E-state index in [0.29, 0.717) is 4.24 Å². The maximum absolute atomic E-state index is 8.89. The predicted octanol–water partition coefficient (Wildman–Crippen LogP) is 3.39. The molecule has 1 aromatic carbocycles. The van der Waals surface area contributed by atoms with E-state index >= 15 is 0 Å². The zero-order valence-corrected chi connectivity index (χ0v) is 11.5. The van der Waals surface area contributed by atoms with Crippen LogP contribution in [0, 0.1) is 29.6 Å². The number of hydrogen-bond donors (Lipinski definition) is 0. The van der Waals surface area contributed by atoms with E-state index in [2.05, 4.69) is 9.97 Å². The molecule has 2 heterocycles. The van der Waals surface area contributed by atoms with Gasteiger partial charge < -0.3 is 0 Å². The molecule has 1 aliphatic rings. The number of thioether (sulfide) groups is 2. The van der Waals surface area contributed by atoms with Crippen LogP contribution in [-0.4, -0.2) is 9.97 Å². The Bertz CT molecular complexity index is 796. The molecule has 3 rings (SSSR count). The first-order chi connectivity index (χ1) is 9.21. The highest BCUT2D eigenvalue weighted by molar-refractivity contribution is 8.24. The monoisotopic (exact) mass is 282 g/mol. The second-order valence-electron chi connectivity index (χ2n) is 3.92. The summed E-state index contributed by atoms with van der Waals surface area (Å²) in [5.74, 6) is 0. The summed E-state index contributed by atoms with van der Waals surface area (Å²) >= 11 is 2.67. The molecule has 90 valence electrons. The average molecular weight is 282 g/mol. The molecule has 0 saturated carbocycles. The number of allylic oxidation sites excluding steroid dienone is 1. The van der Waals surface area contributed by atoms with Crippen molar-refractivity contribution in [1.82, 2.24) is 9.97 Å². The second kappa shape index (κ2) is 4.58.